The van der Waals surface area contributed by atoms with E-state index in [-0.39, 0.29) is 5.56 Å². The maximum atomic E-state index is 11.0. The van der Waals surface area contributed by atoms with E-state index in [1.165, 1.54) is 0 Å². The standard InChI is InChI=1S/C13H13N3O2/c1-8-3-4-10(7-11(8)13(17)18)16-12-5-6-14-9(2)15-12/h3-7H,1-2H3,(H,17,18)(H,14,15,16). The molecule has 0 fully saturated rings. The first-order valence-corrected chi connectivity index (χ1v) is 5.47. The van der Waals surface area contributed by atoms with Gasteiger partial charge in [-0.05, 0) is 37.6 Å². The van der Waals surface area contributed by atoms with Gasteiger partial charge in [0, 0.05) is 11.9 Å². The average Bonchev–Trinajstić information content (AvgIpc) is 2.31. The quantitative estimate of drug-likeness (QED) is 0.866. The van der Waals surface area contributed by atoms with Gasteiger partial charge in [0.2, 0.25) is 0 Å². The Labute approximate surface area is 105 Å². The minimum Gasteiger partial charge on any atom is -0.478 e. The third-order valence-electron chi connectivity index (χ3n) is 2.52. The second kappa shape index (κ2) is 4.83. The van der Waals surface area contributed by atoms with E-state index < -0.39 is 5.97 Å². The van der Waals surface area contributed by atoms with Crippen molar-refractivity contribution in [1.29, 1.82) is 0 Å². The molecule has 0 aliphatic rings. The second-order valence-electron chi connectivity index (χ2n) is 3.95. The van der Waals surface area contributed by atoms with E-state index in [0.29, 0.717) is 17.3 Å². The number of carboxylic acids is 1. The van der Waals surface area contributed by atoms with Crippen LogP contribution in [0, 0.1) is 13.8 Å². The monoisotopic (exact) mass is 243 g/mol. The van der Waals surface area contributed by atoms with Crippen molar-refractivity contribution in [3.8, 4) is 0 Å². The average molecular weight is 243 g/mol. The molecule has 0 bridgehead atoms. The van der Waals surface area contributed by atoms with Crippen LogP contribution < -0.4 is 5.32 Å². The van der Waals surface area contributed by atoms with Gasteiger partial charge in [0.15, 0.2) is 0 Å². The van der Waals surface area contributed by atoms with Gasteiger partial charge < -0.3 is 10.4 Å². The Hall–Kier alpha value is -2.43. The highest BCUT2D eigenvalue weighted by Gasteiger charge is 2.08. The van der Waals surface area contributed by atoms with Crippen LogP contribution in [0.4, 0.5) is 11.5 Å². The van der Waals surface area contributed by atoms with Crippen LogP contribution in [0.25, 0.3) is 0 Å². The summed E-state index contributed by atoms with van der Waals surface area (Å²) in [7, 11) is 0. The molecule has 0 atom stereocenters. The number of carbonyl (C=O) groups is 1. The Morgan fingerprint density at radius 1 is 1.28 bits per heavy atom. The fourth-order valence-corrected chi connectivity index (χ4v) is 1.60. The van der Waals surface area contributed by atoms with Gasteiger partial charge in [0.05, 0.1) is 5.56 Å². The van der Waals surface area contributed by atoms with E-state index >= 15 is 0 Å². The van der Waals surface area contributed by atoms with Gasteiger partial charge in [-0.25, -0.2) is 14.8 Å². The molecule has 2 N–H and O–H groups in total. The lowest BCUT2D eigenvalue weighted by molar-refractivity contribution is 0.0696. The fraction of sp³-hybridized carbons (Fsp3) is 0.154. The number of hydrogen-bond donors (Lipinski definition) is 2. The van der Waals surface area contributed by atoms with E-state index in [1.54, 1.807) is 38.2 Å². The van der Waals surface area contributed by atoms with Crippen molar-refractivity contribution in [2.75, 3.05) is 5.32 Å². The van der Waals surface area contributed by atoms with Crippen LogP contribution in [0.3, 0.4) is 0 Å². The number of aromatic carboxylic acids is 1. The van der Waals surface area contributed by atoms with Crippen molar-refractivity contribution in [3.05, 3.63) is 47.4 Å². The van der Waals surface area contributed by atoms with Crippen LogP contribution in [0.5, 0.6) is 0 Å². The van der Waals surface area contributed by atoms with Crippen LogP contribution in [0.15, 0.2) is 30.5 Å². The molecule has 0 saturated heterocycles. The minimum absolute atomic E-state index is 0.283. The number of aryl methyl sites for hydroxylation is 2. The Balaban J connectivity index is 2.30. The second-order valence-corrected chi connectivity index (χ2v) is 3.95. The van der Waals surface area contributed by atoms with E-state index in [9.17, 15) is 4.79 Å². The molecular formula is C13H13N3O2. The summed E-state index contributed by atoms with van der Waals surface area (Å²) in [6.45, 7) is 3.56. The highest BCUT2D eigenvalue weighted by molar-refractivity contribution is 5.90. The lowest BCUT2D eigenvalue weighted by Crippen LogP contribution is -2.02. The van der Waals surface area contributed by atoms with Gasteiger partial charge in [0.25, 0.3) is 0 Å². The van der Waals surface area contributed by atoms with Crippen LogP contribution in [0.1, 0.15) is 21.7 Å². The van der Waals surface area contributed by atoms with Crippen molar-refractivity contribution in [2.45, 2.75) is 13.8 Å². The summed E-state index contributed by atoms with van der Waals surface area (Å²) in [4.78, 5) is 19.2. The van der Waals surface area contributed by atoms with Crippen LogP contribution in [0.2, 0.25) is 0 Å². The summed E-state index contributed by atoms with van der Waals surface area (Å²) >= 11 is 0. The van der Waals surface area contributed by atoms with Crippen molar-refractivity contribution in [3.63, 3.8) is 0 Å². The van der Waals surface area contributed by atoms with Crippen LogP contribution in [-0.4, -0.2) is 21.0 Å². The molecule has 92 valence electrons. The van der Waals surface area contributed by atoms with Crippen LogP contribution in [-0.2, 0) is 0 Å². The van der Waals surface area contributed by atoms with E-state index in [2.05, 4.69) is 15.3 Å². The molecule has 0 aliphatic heterocycles. The number of hydrogen-bond acceptors (Lipinski definition) is 4. The van der Waals surface area contributed by atoms with Crippen molar-refractivity contribution >= 4 is 17.5 Å². The Kier molecular flexibility index (Phi) is 3.23. The number of anilines is 2. The molecule has 0 spiro atoms. The molecule has 1 aromatic heterocycles. The predicted molar refractivity (Wildman–Crippen MR) is 68.2 cm³/mol. The topological polar surface area (TPSA) is 75.1 Å². The molecule has 5 nitrogen and oxygen atoms in total. The smallest absolute Gasteiger partial charge is 0.336 e. The number of nitrogens with zero attached hydrogens (tertiary/aromatic N) is 2. The van der Waals surface area contributed by atoms with Crippen molar-refractivity contribution < 1.29 is 9.90 Å². The first kappa shape index (κ1) is 12.0. The molecule has 1 aromatic carbocycles. The molecule has 1 heterocycles. The highest BCUT2D eigenvalue weighted by Crippen LogP contribution is 2.18. The Morgan fingerprint density at radius 2 is 2.06 bits per heavy atom. The Morgan fingerprint density at radius 3 is 2.72 bits per heavy atom. The zero-order chi connectivity index (χ0) is 13.1. The first-order chi connectivity index (χ1) is 8.56. The number of carboxylic acid groups (broad SMARTS) is 1. The molecule has 0 aliphatic carbocycles. The number of benzene rings is 1. The maximum Gasteiger partial charge on any atom is 0.336 e. The normalized spacial score (nSPS) is 10.1. The zero-order valence-corrected chi connectivity index (χ0v) is 10.1. The molecule has 2 aromatic rings. The predicted octanol–water partition coefficient (Wildman–Crippen LogP) is 2.54. The summed E-state index contributed by atoms with van der Waals surface area (Å²) in [6.07, 6.45) is 1.65. The Bertz CT molecular complexity index is 597. The molecule has 0 radical (unpaired) electrons. The number of aromatic nitrogens is 2. The summed E-state index contributed by atoms with van der Waals surface area (Å²) in [5.74, 6) is 0.364. The SMILES string of the molecule is Cc1nccc(Nc2ccc(C)c(C(=O)O)c2)n1. The lowest BCUT2D eigenvalue weighted by Gasteiger charge is -2.08. The minimum atomic E-state index is -0.935. The third-order valence-corrected chi connectivity index (χ3v) is 2.52. The summed E-state index contributed by atoms with van der Waals surface area (Å²) in [5, 5.41) is 12.1. The molecule has 5 heteroatoms. The van der Waals surface area contributed by atoms with E-state index in [1.807, 2.05) is 6.07 Å². The van der Waals surface area contributed by atoms with Gasteiger partial charge in [0.1, 0.15) is 11.6 Å². The summed E-state index contributed by atoms with van der Waals surface area (Å²) in [5.41, 5.74) is 1.70. The molecular weight excluding hydrogens is 230 g/mol. The number of nitrogens with one attached hydrogen (secondary N) is 1. The maximum absolute atomic E-state index is 11.0. The molecule has 0 unspecified atom stereocenters. The molecule has 0 saturated carbocycles. The third kappa shape index (κ3) is 2.63. The molecule has 2 rings (SSSR count). The molecule has 0 amide bonds. The van der Waals surface area contributed by atoms with E-state index in [4.69, 9.17) is 5.11 Å². The molecule has 18 heavy (non-hydrogen) atoms. The number of rotatable bonds is 3. The van der Waals surface area contributed by atoms with Gasteiger partial charge in [-0.2, -0.15) is 0 Å². The van der Waals surface area contributed by atoms with Gasteiger partial charge in [-0.3, -0.25) is 0 Å². The van der Waals surface area contributed by atoms with Crippen molar-refractivity contribution in [1.82, 2.24) is 9.97 Å². The lowest BCUT2D eigenvalue weighted by atomic mass is 10.1. The van der Waals surface area contributed by atoms with Crippen molar-refractivity contribution in [2.24, 2.45) is 0 Å². The highest BCUT2D eigenvalue weighted by atomic mass is 16.4. The van der Waals surface area contributed by atoms with Gasteiger partial charge >= 0.3 is 5.97 Å². The largest absolute Gasteiger partial charge is 0.478 e. The van der Waals surface area contributed by atoms with Gasteiger partial charge in [-0.1, -0.05) is 6.07 Å². The van der Waals surface area contributed by atoms with E-state index in [0.717, 1.165) is 5.56 Å². The van der Waals surface area contributed by atoms with Crippen LogP contribution >= 0.6 is 0 Å². The van der Waals surface area contributed by atoms with Gasteiger partial charge in [-0.15, -0.1) is 0 Å². The zero-order valence-electron chi connectivity index (χ0n) is 10.1. The summed E-state index contributed by atoms with van der Waals surface area (Å²) < 4.78 is 0. The summed E-state index contributed by atoms with van der Waals surface area (Å²) in [6, 6.07) is 6.90. The first-order valence-electron chi connectivity index (χ1n) is 5.47. The fourth-order valence-electron chi connectivity index (χ4n) is 1.60.